The molecule has 0 spiro atoms. The van der Waals surface area contributed by atoms with Crippen LogP contribution >= 0.6 is 0 Å². The molecule has 7 atom stereocenters. The fourth-order valence-electron chi connectivity index (χ4n) is 5.68. The second kappa shape index (κ2) is 18.8. The number of methoxy groups -OCH3 is 1. The molecule has 3 aromatic rings. The van der Waals surface area contributed by atoms with E-state index in [-0.39, 0.29) is 25.1 Å². The van der Waals surface area contributed by atoms with E-state index in [1.165, 1.54) is 0 Å². The second-order valence-electron chi connectivity index (χ2n) is 11.4. The number of hydrogen-bond donors (Lipinski definition) is 0. The lowest BCUT2D eigenvalue weighted by atomic mass is 9.97. The van der Waals surface area contributed by atoms with Crippen LogP contribution in [-0.2, 0) is 67.2 Å². The molecule has 5 rings (SSSR count). The molecule has 10 heteroatoms. The molecule has 1 fully saturated rings. The Hall–Kier alpha value is -3.61. The average Bonchev–Trinajstić information content (AvgIpc) is 3.13. The minimum absolute atomic E-state index is 0.0511. The highest BCUT2D eigenvalue weighted by molar-refractivity contribution is 5.86. The topological polar surface area (TPSA) is 100 Å². The van der Waals surface area contributed by atoms with Crippen molar-refractivity contribution in [1.82, 2.24) is 0 Å². The fraction of sp³-hybridized carbons (Fsp3) is 0.447. The van der Waals surface area contributed by atoms with Gasteiger partial charge in [0.05, 0.1) is 39.1 Å². The first-order valence-electron chi connectivity index (χ1n) is 16.5. The zero-order chi connectivity index (χ0) is 33.6. The third kappa shape index (κ3) is 10.2. The molecule has 3 aromatic carbocycles. The van der Waals surface area contributed by atoms with E-state index in [4.69, 9.17) is 42.6 Å². The number of ether oxygens (including phenoxy) is 9. The van der Waals surface area contributed by atoms with Gasteiger partial charge in [-0.05, 0) is 36.6 Å². The number of benzene rings is 3. The quantitative estimate of drug-likeness (QED) is 0.167. The van der Waals surface area contributed by atoms with Crippen LogP contribution in [0.25, 0.3) is 0 Å². The number of esters is 1. The van der Waals surface area contributed by atoms with Crippen LogP contribution in [0, 0.1) is 0 Å². The molecule has 2 aliphatic heterocycles. The first-order chi connectivity index (χ1) is 23.6. The maximum absolute atomic E-state index is 12.6. The normalized spacial score (nSPS) is 25.6. The highest BCUT2D eigenvalue weighted by atomic mass is 16.7. The Morgan fingerprint density at radius 1 is 0.688 bits per heavy atom. The maximum atomic E-state index is 12.6. The van der Waals surface area contributed by atoms with Gasteiger partial charge in [-0.2, -0.15) is 0 Å². The fourth-order valence-corrected chi connectivity index (χ4v) is 5.68. The first kappa shape index (κ1) is 35.7. The van der Waals surface area contributed by atoms with Gasteiger partial charge in [0.25, 0.3) is 0 Å². The summed E-state index contributed by atoms with van der Waals surface area (Å²) in [6.45, 7) is 5.32. The molecule has 2 aliphatic rings. The predicted molar refractivity (Wildman–Crippen MR) is 176 cm³/mol. The Labute approximate surface area is 282 Å². The molecule has 0 amide bonds. The van der Waals surface area contributed by atoms with E-state index < -0.39 is 43.0 Å². The van der Waals surface area contributed by atoms with Crippen molar-refractivity contribution in [3.05, 3.63) is 120 Å². The van der Waals surface area contributed by atoms with Crippen LogP contribution in [0.1, 0.15) is 37.0 Å². The highest BCUT2D eigenvalue weighted by Crippen LogP contribution is 2.32. The van der Waals surface area contributed by atoms with Gasteiger partial charge < -0.3 is 42.6 Å². The number of hydrogen-bond acceptors (Lipinski definition) is 10. The molecular weight excluding hydrogens is 616 g/mol. The van der Waals surface area contributed by atoms with Gasteiger partial charge in [0.1, 0.15) is 24.4 Å². The molecule has 1 saturated heterocycles. The molecular formula is C38H46O10. The van der Waals surface area contributed by atoms with Crippen molar-refractivity contribution in [2.24, 2.45) is 0 Å². The Morgan fingerprint density at radius 3 is 1.75 bits per heavy atom. The smallest absolute Gasteiger partial charge is 0.373 e. The van der Waals surface area contributed by atoms with Crippen molar-refractivity contribution in [2.45, 2.75) is 83.2 Å². The van der Waals surface area contributed by atoms with Gasteiger partial charge in [-0.3, -0.25) is 0 Å². The first-order valence-corrected chi connectivity index (χ1v) is 16.5. The van der Waals surface area contributed by atoms with Gasteiger partial charge in [0.15, 0.2) is 6.29 Å². The van der Waals surface area contributed by atoms with Crippen molar-refractivity contribution < 1.29 is 47.4 Å². The van der Waals surface area contributed by atoms with Gasteiger partial charge in [-0.15, -0.1) is 0 Å². The molecule has 0 saturated carbocycles. The van der Waals surface area contributed by atoms with E-state index >= 15 is 0 Å². The van der Waals surface area contributed by atoms with Crippen LogP contribution in [0.15, 0.2) is 103 Å². The summed E-state index contributed by atoms with van der Waals surface area (Å²) in [5.41, 5.74) is 3.00. The summed E-state index contributed by atoms with van der Waals surface area (Å²) >= 11 is 0. The van der Waals surface area contributed by atoms with Crippen molar-refractivity contribution in [3.63, 3.8) is 0 Å². The SMILES string of the molecule is CCOC(=O)C1=C[C@H](OCC)C[C@H](OC[C@H]2O[C@H](OC)[C@H](OCc3ccccc3)[C@@H](OCc3ccccc3)[C@@H]2OCc2ccccc2)O1. The van der Waals surface area contributed by atoms with Crippen LogP contribution in [0.4, 0.5) is 0 Å². The summed E-state index contributed by atoms with van der Waals surface area (Å²) in [6, 6.07) is 29.8. The molecule has 0 N–H and O–H groups in total. The van der Waals surface area contributed by atoms with Crippen molar-refractivity contribution in [1.29, 1.82) is 0 Å². The van der Waals surface area contributed by atoms with Gasteiger partial charge in [-0.1, -0.05) is 91.0 Å². The van der Waals surface area contributed by atoms with Gasteiger partial charge in [0, 0.05) is 20.1 Å². The second-order valence-corrected chi connectivity index (χ2v) is 11.4. The monoisotopic (exact) mass is 662 g/mol. The molecule has 258 valence electrons. The molecule has 0 aromatic heterocycles. The van der Waals surface area contributed by atoms with Gasteiger partial charge >= 0.3 is 5.97 Å². The van der Waals surface area contributed by atoms with Crippen molar-refractivity contribution in [2.75, 3.05) is 26.9 Å². The molecule has 48 heavy (non-hydrogen) atoms. The molecule has 10 nitrogen and oxygen atoms in total. The standard InChI is InChI=1S/C38H46O10/c1-4-41-30-21-31(37(39)42-5-2)47-33(22-30)43-26-32-34(44-23-27-15-9-6-10-16-27)35(45-24-28-17-11-7-12-18-28)36(38(40-3)48-32)46-25-29-19-13-8-14-20-29/h6-21,30,32-36,38H,4-5,22-26H2,1-3H3/t30-,32+,33+,34+,35-,36+,38-/m0/s1. The van der Waals surface area contributed by atoms with Gasteiger partial charge in [-0.25, -0.2) is 4.79 Å². The lowest BCUT2D eigenvalue weighted by Crippen LogP contribution is -2.61. The van der Waals surface area contributed by atoms with E-state index in [9.17, 15) is 4.79 Å². The summed E-state index contributed by atoms with van der Waals surface area (Å²) in [4.78, 5) is 12.6. The minimum Gasteiger partial charge on any atom is -0.460 e. The van der Waals surface area contributed by atoms with E-state index in [2.05, 4.69) is 0 Å². The minimum atomic E-state index is -0.793. The lowest BCUT2D eigenvalue weighted by molar-refractivity contribution is -0.327. The zero-order valence-electron chi connectivity index (χ0n) is 27.8. The van der Waals surface area contributed by atoms with E-state index in [1.807, 2.05) is 97.9 Å². The van der Waals surface area contributed by atoms with Gasteiger partial charge in [0.2, 0.25) is 12.0 Å². The molecule has 0 unspecified atom stereocenters. The number of carbonyl (C=O) groups is 1. The third-order valence-corrected chi connectivity index (χ3v) is 8.00. The Balaban J connectivity index is 1.39. The Bertz CT molecular complexity index is 1390. The summed E-state index contributed by atoms with van der Waals surface area (Å²) in [5, 5.41) is 0. The van der Waals surface area contributed by atoms with E-state index in [1.54, 1.807) is 20.1 Å². The summed E-state index contributed by atoms with van der Waals surface area (Å²) in [7, 11) is 1.58. The zero-order valence-corrected chi connectivity index (χ0v) is 27.8. The van der Waals surface area contributed by atoms with E-state index in [0.717, 1.165) is 16.7 Å². The molecule has 0 aliphatic carbocycles. The summed E-state index contributed by atoms with van der Waals surface area (Å²) in [5.74, 6) is -0.512. The van der Waals surface area contributed by atoms with Crippen LogP contribution in [0.2, 0.25) is 0 Å². The summed E-state index contributed by atoms with van der Waals surface area (Å²) < 4.78 is 55.4. The third-order valence-electron chi connectivity index (χ3n) is 8.00. The molecule has 0 bridgehead atoms. The van der Waals surface area contributed by atoms with Crippen molar-refractivity contribution in [3.8, 4) is 0 Å². The van der Waals surface area contributed by atoms with Crippen LogP contribution < -0.4 is 0 Å². The lowest BCUT2D eigenvalue weighted by Gasteiger charge is -2.45. The largest absolute Gasteiger partial charge is 0.460 e. The molecule has 0 radical (unpaired) electrons. The van der Waals surface area contributed by atoms with Crippen LogP contribution in [0.3, 0.4) is 0 Å². The Morgan fingerprint density at radius 2 is 1.23 bits per heavy atom. The highest BCUT2D eigenvalue weighted by Gasteiger charge is 2.49. The predicted octanol–water partition coefficient (Wildman–Crippen LogP) is 5.73. The number of rotatable bonds is 17. The van der Waals surface area contributed by atoms with Crippen LogP contribution in [0.5, 0.6) is 0 Å². The summed E-state index contributed by atoms with van der Waals surface area (Å²) in [6.07, 6.45) is -2.48. The maximum Gasteiger partial charge on any atom is 0.373 e. The van der Waals surface area contributed by atoms with Crippen molar-refractivity contribution >= 4 is 5.97 Å². The average molecular weight is 663 g/mol. The number of carbonyl (C=O) groups excluding carboxylic acids is 1. The Kier molecular flexibility index (Phi) is 14.0. The van der Waals surface area contributed by atoms with Crippen LogP contribution in [-0.4, -0.2) is 76.0 Å². The van der Waals surface area contributed by atoms with E-state index in [0.29, 0.717) is 32.8 Å². The molecule has 2 heterocycles.